The quantitative estimate of drug-likeness (QED) is 0.149. The molecule has 0 saturated carbocycles. The van der Waals surface area contributed by atoms with E-state index < -0.39 is 0 Å². The van der Waals surface area contributed by atoms with Crippen molar-refractivity contribution in [1.29, 1.82) is 0 Å². The van der Waals surface area contributed by atoms with Gasteiger partial charge in [0.2, 0.25) is 0 Å². The molecular formula is C58H38. The lowest BCUT2D eigenvalue weighted by molar-refractivity contribution is 1.60. The van der Waals surface area contributed by atoms with Crippen molar-refractivity contribution in [3.8, 4) is 66.8 Å². The van der Waals surface area contributed by atoms with Crippen molar-refractivity contribution in [3.63, 3.8) is 0 Å². The van der Waals surface area contributed by atoms with E-state index in [1.165, 1.54) is 110 Å². The summed E-state index contributed by atoms with van der Waals surface area (Å²) in [6, 6.07) is 84.5. The number of hydrogen-bond donors (Lipinski definition) is 0. The first-order valence-corrected chi connectivity index (χ1v) is 20.1. The van der Waals surface area contributed by atoms with Gasteiger partial charge in [-0.1, -0.05) is 224 Å². The first-order valence-electron chi connectivity index (χ1n) is 20.1. The van der Waals surface area contributed by atoms with Crippen LogP contribution in [0, 0.1) is 0 Å². The Morgan fingerprint density at radius 1 is 0.172 bits per heavy atom. The molecule has 0 spiro atoms. The van der Waals surface area contributed by atoms with Gasteiger partial charge in [-0.25, -0.2) is 0 Å². The Hall–Kier alpha value is -7.54. The number of fused-ring (bicyclic) bond motifs is 4. The number of rotatable bonds is 6. The minimum absolute atomic E-state index is 1.21. The van der Waals surface area contributed by atoms with E-state index in [2.05, 4.69) is 231 Å². The fraction of sp³-hybridized carbons (Fsp3) is 0. The zero-order valence-electron chi connectivity index (χ0n) is 31.9. The van der Waals surface area contributed by atoms with E-state index in [-0.39, 0.29) is 0 Å². The van der Waals surface area contributed by atoms with Crippen LogP contribution in [0.15, 0.2) is 231 Å². The Bertz CT molecular complexity index is 3240. The minimum Gasteiger partial charge on any atom is -0.0622 e. The molecule has 11 aromatic carbocycles. The molecule has 0 radical (unpaired) electrons. The molecule has 0 aliphatic heterocycles. The van der Waals surface area contributed by atoms with Crippen molar-refractivity contribution < 1.29 is 0 Å². The first kappa shape index (κ1) is 33.8. The Labute approximate surface area is 339 Å². The number of benzene rings is 11. The highest BCUT2D eigenvalue weighted by Gasteiger charge is 2.19. The summed E-state index contributed by atoms with van der Waals surface area (Å²) in [6.07, 6.45) is 0. The molecule has 270 valence electrons. The van der Waals surface area contributed by atoms with Crippen LogP contribution in [0.3, 0.4) is 0 Å². The van der Waals surface area contributed by atoms with E-state index in [1.807, 2.05) is 0 Å². The lowest BCUT2D eigenvalue weighted by Crippen LogP contribution is -1.92. The van der Waals surface area contributed by atoms with Crippen molar-refractivity contribution in [2.45, 2.75) is 0 Å². The Morgan fingerprint density at radius 2 is 0.500 bits per heavy atom. The normalized spacial score (nSPS) is 11.4. The highest BCUT2D eigenvalue weighted by Crippen LogP contribution is 2.46. The maximum absolute atomic E-state index is 2.41. The summed E-state index contributed by atoms with van der Waals surface area (Å²) < 4.78 is 0. The summed E-state index contributed by atoms with van der Waals surface area (Å²) in [5, 5.41) is 10.0. The molecule has 0 unspecified atom stereocenters. The van der Waals surface area contributed by atoms with Crippen LogP contribution < -0.4 is 0 Å². The Morgan fingerprint density at radius 3 is 0.966 bits per heavy atom. The molecule has 0 aromatic heterocycles. The van der Waals surface area contributed by atoms with Crippen LogP contribution in [0.5, 0.6) is 0 Å². The van der Waals surface area contributed by atoms with Gasteiger partial charge in [0, 0.05) is 0 Å². The zero-order valence-corrected chi connectivity index (χ0v) is 31.9. The molecule has 58 heavy (non-hydrogen) atoms. The van der Waals surface area contributed by atoms with Crippen LogP contribution in [0.25, 0.3) is 110 Å². The van der Waals surface area contributed by atoms with Crippen LogP contribution in [0.1, 0.15) is 0 Å². The van der Waals surface area contributed by atoms with E-state index in [0.29, 0.717) is 0 Å². The third-order valence-corrected chi connectivity index (χ3v) is 11.9. The standard InChI is InChI=1S/C58H38/c1-3-16-39(17-4-1)49-36-34-41-20-7-9-24-47(41)55(49)43-30-32-44(33-31-43)56-51-26-11-13-28-53(51)58(54-29-14-12-27-52(54)56)46-23-15-22-45(38-46)57-48-25-10-8-21-42(48)35-37-50(57)40-18-5-2-6-19-40/h1-38H. The highest BCUT2D eigenvalue weighted by atomic mass is 14.2. The molecule has 0 saturated heterocycles. The van der Waals surface area contributed by atoms with Gasteiger partial charge in [-0.15, -0.1) is 0 Å². The zero-order chi connectivity index (χ0) is 38.4. The van der Waals surface area contributed by atoms with Gasteiger partial charge >= 0.3 is 0 Å². The van der Waals surface area contributed by atoms with Crippen LogP contribution in [0.2, 0.25) is 0 Å². The molecule has 0 aliphatic rings. The molecule has 0 fully saturated rings. The molecule has 0 atom stereocenters. The van der Waals surface area contributed by atoms with Crippen molar-refractivity contribution >= 4 is 43.1 Å². The monoisotopic (exact) mass is 734 g/mol. The second kappa shape index (κ2) is 14.2. The SMILES string of the molecule is c1ccc(-c2ccc3ccccc3c2-c2ccc(-c3c4ccccc4c(-c4cccc(-c5c(-c6ccccc6)ccc6ccccc56)c4)c4ccccc34)cc2)cc1. The maximum atomic E-state index is 2.41. The second-order valence-corrected chi connectivity index (χ2v) is 15.1. The average Bonchev–Trinajstić information content (AvgIpc) is 3.30. The van der Waals surface area contributed by atoms with E-state index in [0.717, 1.165) is 0 Å². The van der Waals surface area contributed by atoms with E-state index in [1.54, 1.807) is 0 Å². The summed E-state index contributed by atoms with van der Waals surface area (Å²) >= 11 is 0. The summed E-state index contributed by atoms with van der Waals surface area (Å²) in [6.45, 7) is 0. The van der Waals surface area contributed by atoms with Crippen molar-refractivity contribution in [2.75, 3.05) is 0 Å². The predicted octanol–water partition coefficient (Wildman–Crippen LogP) is 16.3. The van der Waals surface area contributed by atoms with Gasteiger partial charge in [0.25, 0.3) is 0 Å². The first-order chi connectivity index (χ1) is 28.8. The smallest absolute Gasteiger partial charge is 0.00262 e. The van der Waals surface area contributed by atoms with Gasteiger partial charge in [0.1, 0.15) is 0 Å². The highest BCUT2D eigenvalue weighted by molar-refractivity contribution is 6.22. The minimum atomic E-state index is 1.21. The molecule has 0 heterocycles. The Balaban J connectivity index is 1.10. The summed E-state index contributed by atoms with van der Waals surface area (Å²) in [5.74, 6) is 0. The van der Waals surface area contributed by atoms with Gasteiger partial charge in [0.15, 0.2) is 0 Å². The van der Waals surface area contributed by atoms with Gasteiger partial charge in [-0.3, -0.25) is 0 Å². The lowest BCUT2D eigenvalue weighted by Gasteiger charge is -2.19. The topological polar surface area (TPSA) is 0 Å². The Kier molecular flexibility index (Phi) is 8.26. The molecule has 11 rings (SSSR count). The van der Waals surface area contributed by atoms with Gasteiger partial charge in [-0.05, 0) is 116 Å². The number of hydrogen-bond acceptors (Lipinski definition) is 0. The van der Waals surface area contributed by atoms with Crippen molar-refractivity contribution in [3.05, 3.63) is 231 Å². The largest absolute Gasteiger partial charge is 0.0622 e. The van der Waals surface area contributed by atoms with Gasteiger partial charge in [-0.2, -0.15) is 0 Å². The molecule has 0 aliphatic carbocycles. The van der Waals surface area contributed by atoms with Gasteiger partial charge in [0.05, 0.1) is 0 Å². The van der Waals surface area contributed by atoms with E-state index >= 15 is 0 Å². The maximum Gasteiger partial charge on any atom is -0.00262 e. The van der Waals surface area contributed by atoms with E-state index in [9.17, 15) is 0 Å². The molecule has 0 heteroatoms. The third kappa shape index (κ3) is 5.69. The lowest BCUT2D eigenvalue weighted by atomic mass is 9.84. The van der Waals surface area contributed by atoms with E-state index in [4.69, 9.17) is 0 Å². The summed E-state index contributed by atoms with van der Waals surface area (Å²) in [4.78, 5) is 0. The molecule has 0 N–H and O–H groups in total. The van der Waals surface area contributed by atoms with Gasteiger partial charge < -0.3 is 0 Å². The van der Waals surface area contributed by atoms with Crippen LogP contribution >= 0.6 is 0 Å². The average molecular weight is 735 g/mol. The molecule has 0 amide bonds. The summed E-state index contributed by atoms with van der Waals surface area (Å²) in [7, 11) is 0. The fourth-order valence-corrected chi connectivity index (χ4v) is 9.27. The van der Waals surface area contributed by atoms with Crippen LogP contribution in [-0.4, -0.2) is 0 Å². The predicted molar refractivity (Wildman–Crippen MR) is 249 cm³/mol. The molecular weight excluding hydrogens is 697 g/mol. The van der Waals surface area contributed by atoms with Crippen molar-refractivity contribution in [2.24, 2.45) is 0 Å². The molecule has 11 aromatic rings. The fourth-order valence-electron chi connectivity index (χ4n) is 9.27. The summed E-state index contributed by atoms with van der Waals surface area (Å²) in [5.41, 5.74) is 14.8. The van der Waals surface area contributed by atoms with Crippen LogP contribution in [-0.2, 0) is 0 Å². The third-order valence-electron chi connectivity index (χ3n) is 11.9. The molecule has 0 bridgehead atoms. The van der Waals surface area contributed by atoms with Crippen LogP contribution in [0.4, 0.5) is 0 Å². The molecule has 0 nitrogen and oxygen atoms in total. The van der Waals surface area contributed by atoms with Crippen molar-refractivity contribution in [1.82, 2.24) is 0 Å². The second-order valence-electron chi connectivity index (χ2n) is 15.1.